The minimum Gasteiger partial charge on any atom is -0.478 e. The number of carboxylic acid groups (broad SMARTS) is 1. The van der Waals surface area contributed by atoms with E-state index >= 15 is 0 Å². The Morgan fingerprint density at radius 2 is 2.20 bits per heavy atom. The first kappa shape index (κ1) is 15.1. The second kappa shape index (κ2) is 6.00. The van der Waals surface area contributed by atoms with Gasteiger partial charge in [-0.05, 0) is 34.1 Å². The second-order valence-electron chi connectivity index (χ2n) is 3.74. The first-order chi connectivity index (χ1) is 9.40. The van der Waals surface area contributed by atoms with Gasteiger partial charge in [0.25, 0.3) is 0 Å². The molecule has 0 fully saturated rings. The number of benzene rings is 1. The van der Waals surface area contributed by atoms with Crippen LogP contribution in [0.3, 0.4) is 0 Å². The fraction of sp³-hybridized carbons (Fsp3) is 0.0909. The Morgan fingerprint density at radius 3 is 2.75 bits per heavy atom. The van der Waals surface area contributed by atoms with Crippen LogP contribution in [0.25, 0.3) is 0 Å². The monoisotopic (exact) mass is 376 g/mol. The van der Waals surface area contributed by atoms with Crippen LogP contribution in [0.4, 0.5) is 0 Å². The number of sulfonamides is 1. The first-order valence-electron chi connectivity index (χ1n) is 5.30. The minimum absolute atomic E-state index is 0.00739. The summed E-state index contributed by atoms with van der Waals surface area (Å²) in [5, 5.41) is 8.84. The number of rotatable bonds is 5. The van der Waals surface area contributed by atoms with E-state index < -0.39 is 16.0 Å². The van der Waals surface area contributed by atoms with Gasteiger partial charge in [-0.2, -0.15) is 0 Å². The van der Waals surface area contributed by atoms with Crippen molar-refractivity contribution in [2.75, 3.05) is 0 Å². The lowest BCUT2D eigenvalue weighted by molar-refractivity contribution is 0.0696. The van der Waals surface area contributed by atoms with E-state index in [0.717, 1.165) is 4.88 Å². The summed E-state index contributed by atoms with van der Waals surface area (Å²) in [6, 6.07) is 3.75. The molecule has 0 saturated carbocycles. The van der Waals surface area contributed by atoms with Crippen LogP contribution in [0.5, 0.6) is 0 Å². The lowest BCUT2D eigenvalue weighted by Crippen LogP contribution is -2.23. The van der Waals surface area contributed by atoms with Crippen LogP contribution >= 0.6 is 27.3 Å². The van der Waals surface area contributed by atoms with Crippen molar-refractivity contribution >= 4 is 43.3 Å². The molecule has 2 aromatic rings. The molecule has 2 N–H and O–H groups in total. The molecule has 20 heavy (non-hydrogen) atoms. The highest BCUT2D eigenvalue weighted by atomic mass is 79.9. The number of aromatic carboxylic acids is 1. The molecule has 0 bridgehead atoms. The zero-order chi connectivity index (χ0) is 14.8. The molecule has 0 unspecified atom stereocenters. The van der Waals surface area contributed by atoms with Gasteiger partial charge < -0.3 is 5.11 Å². The van der Waals surface area contributed by atoms with Crippen LogP contribution in [-0.4, -0.2) is 24.5 Å². The van der Waals surface area contributed by atoms with Crippen LogP contribution in [-0.2, 0) is 16.6 Å². The fourth-order valence-corrected chi connectivity index (χ4v) is 4.13. The molecular weight excluding hydrogens is 368 g/mol. The number of thiazole rings is 1. The molecule has 9 heteroatoms. The summed E-state index contributed by atoms with van der Waals surface area (Å²) in [4.78, 5) is 15.4. The van der Waals surface area contributed by atoms with E-state index in [-0.39, 0.29) is 21.5 Å². The summed E-state index contributed by atoms with van der Waals surface area (Å²) in [6.45, 7) is 0.139. The molecule has 0 aliphatic carbocycles. The van der Waals surface area contributed by atoms with Crippen molar-refractivity contribution in [1.82, 2.24) is 9.71 Å². The van der Waals surface area contributed by atoms with Crippen molar-refractivity contribution < 1.29 is 18.3 Å². The average molecular weight is 377 g/mol. The van der Waals surface area contributed by atoms with Crippen molar-refractivity contribution in [3.63, 3.8) is 0 Å². The van der Waals surface area contributed by atoms with E-state index in [1.165, 1.54) is 29.5 Å². The predicted octanol–water partition coefficient (Wildman–Crippen LogP) is 2.08. The summed E-state index contributed by atoms with van der Waals surface area (Å²) < 4.78 is 26.9. The summed E-state index contributed by atoms with van der Waals surface area (Å²) >= 11 is 4.42. The second-order valence-corrected chi connectivity index (χ2v) is 7.30. The van der Waals surface area contributed by atoms with Gasteiger partial charge in [-0.15, -0.1) is 11.3 Å². The molecule has 1 aromatic carbocycles. The highest BCUT2D eigenvalue weighted by Crippen LogP contribution is 2.23. The summed E-state index contributed by atoms with van der Waals surface area (Å²) in [7, 11) is -3.72. The Morgan fingerprint density at radius 1 is 1.45 bits per heavy atom. The number of carboxylic acids is 1. The quantitative estimate of drug-likeness (QED) is 0.832. The van der Waals surface area contributed by atoms with Crippen LogP contribution in [0.1, 0.15) is 15.2 Å². The third-order valence-electron chi connectivity index (χ3n) is 2.39. The lowest BCUT2D eigenvalue weighted by atomic mass is 10.2. The maximum atomic E-state index is 12.1. The Kier molecular flexibility index (Phi) is 4.53. The summed E-state index contributed by atoms with van der Waals surface area (Å²) in [6.07, 6.45) is 1.58. The lowest BCUT2D eigenvalue weighted by Gasteiger charge is -2.08. The molecule has 2 rings (SSSR count). The number of hydrogen-bond donors (Lipinski definition) is 2. The normalized spacial score (nSPS) is 11.4. The number of halogens is 1. The van der Waals surface area contributed by atoms with Crippen molar-refractivity contribution in [3.05, 3.63) is 44.8 Å². The van der Waals surface area contributed by atoms with E-state index in [4.69, 9.17) is 5.11 Å². The van der Waals surface area contributed by atoms with Gasteiger partial charge in [-0.3, -0.25) is 4.98 Å². The molecule has 0 amide bonds. The highest BCUT2D eigenvalue weighted by molar-refractivity contribution is 9.10. The van der Waals surface area contributed by atoms with Crippen molar-refractivity contribution in [3.8, 4) is 0 Å². The molecule has 0 saturated heterocycles. The first-order valence-corrected chi connectivity index (χ1v) is 8.45. The van der Waals surface area contributed by atoms with Crippen LogP contribution in [0.2, 0.25) is 0 Å². The summed E-state index contributed by atoms with van der Waals surface area (Å²) in [5.41, 5.74) is 1.62. The van der Waals surface area contributed by atoms with Gasteiger partial charge in [0.15, 0.2) is 0 Å². The van der Waals surface area contributed by atoms with Crippen LogP contribution < -0.4 is 4.72 Å². The number of aromatic nitrogens is 1. The average Bonchev–Trinajstić information content (AvgIpc) is 2.89. The SMILES string of the molecule is O=C(O)c1ccc(S(=O)(=O)NCc2cncs2)c(Br)c1. The Bertz CT molecular complexity index is 729. The summed E-state index contributed by atoms with van der Waals surface area (Å²) in [5.74, 6) is -1.12. The molecule has 1 heterocycles. The number of nitrogens with zero attached hydrogens (tertiary/aromatic N) is 1. The van der Waals surface area contributed by atoms with Gasteiger partial charge in [0.2, 0.25) is 10.0 Å². The molecule has 0 aliphatic rings. The predicted molar refractivity (Wildman–Crippen MR) is 77.2 cm³/mol. The molecule has 0 aliphatic heterocycles. The maximum Gasteiger partial charge on any atom is 0.335 e. The Hall–Kier alpha value is -1.29. The van der Waals surface area contributed by atoms with Crippen LogP contribution in [0, 0.1) is 0 Å². The van der Waals surface area contributed by atoms with E-state index in [1.807, 2.05) is 0 Å². The van der Waals surface area contributed by atoms with E-state index in [0.29, 0.717) is 0 Å². The topological polar surface area (TPSA) is 96.4 Å². The van der Waals surface area contributed by atoms with Gasteiger partial charge in [-0.1, -0.05) is 0 Å². The zero-order valence-corrected chi connectivity index (χ0v) is 13.1. The van der Waals surface area contributed by atoms with Crippen molar-refractivity contribution in [2.24, 2.45) is 0 Å². The number of carbonyl (C=O) groups is 1. The fourth-order valence-electron chi connectivity index (χ4n) is 1.43. The maximum absolute atomic E-state index is 12.1. The van der Waals surface area contributed by atoms with Gasteiger partial charge in [0.1, 0.15) is 0 Å². The van der Waals surface area contributed by atoms with Gasteiger partial charge in [0, 0.05) is 22.1 Å². The molecule has 1 aromatic heterocycles. The molecule has 6 nitrogen and oxygen atoms in total. The molecule has 0 atom stereocenters. The number of hydrogen-bond acceptors (Lipinski definition) is 5. The third kappa shape index (κ3) is 3.42. The molecule has 106 valence electrons. The van der Waals surface area contributed by atoms with Crippen LogP contribution in [0.15, 0.2) is 39.3 Å². The largest absolute Gasteiger partial charge is 0.478 e. The highest BCUT2D eigenvalue weighted by Gasteiger charge is 2.19. The standard InChI is InChI=1S/C11H9BrN2O4S2/c12-9-3-7(11(15)16)1-2-10(9)20(17,18)14-5-8-4-13-6-19-8/h1-4,6,14H,5H2,(H,15,16). The van der Waals surface area contributed by atoms with Crippen molar-refractivity contribution in [1.29, 1.82) is 0 Å². The van der Waals surface area contributed by atoms with Gasteiger partial charge >= 0.3 is 5.97 Å². The molecule has 0 spiro atoms. The Balaban J connectivity index is 2.23. The smallest absolute Gasteiger partial charge is 0.335 e. The third-order valence-corrected chi connectivity index (χ3v) is 5.55. The van der Waals surface area contributed by atoms with Gasteiger partial charge in [-0.25, -0.2) is 17.9 Å². The minimum atomic E-state index is -3.72. The van der Waals surface area contributed by atoms with E-state index in [9.17, 15) is 13.2 Å². The molecular formula is C11H9BrN2O4S2. The molecule has 0 radical (unpaired) electrons. The Labute approximate surface area is 127 Å². The zero-order valence-electron chi connectivity index (χ0n) is 9.91. The van der Waals surface area contributed by atoms with Crippen molar-refractivity contribution in [2.45, 2.75) is 11.4 Å². The van der Waals surface area contributed by atoms with E-state index in [2.05, 4.69) is 25.6 Å². The number of nitrogens with one attached hydrogen (secondary N) is 1. The van der Waals surface area contributed by atoms with Gasteiger partial charge in [0.05, 0.1) is 16.0 Å². The van der Waals surface area contributed by atoms with E-state index in [1.54, 1.807) is 11.7 Å².